The van der Waals surface area contributed by atoms with Gasteiger partial charge in [0, 0.05) is 0 Å². The molecule has 0 aliphatic heterocycles. The normalized spacial score (nSPS) is 12.4. The zero-order valence-electron chi connectivity index (χ0n) is 9.33. The Morgan fingerprint density at radius 2 is 2.12 bits per heavy atom. The van der Waals surface area contributed by atoms with Gasteiger partial charge in [-0.1, -0.05) is 19.9 Å². The Morgan fingerprint density at radius 1 is 1.50 bits per heavy atom. The standard InChI is InChI=1S/C12H15BrO3/c1-3-8-5-9(4-7(2)12(15)16)11(14)10(13)6-8/h5-7,14H,3-4H2,1-2H3,(H,15,16). The van der Waals surface area contributed by atoms with Gasteiger partial charge in [0.15, 0.2) is 0 Å². The molecule has 0 radical (unpaired) electrons. The Kier molecular flexibility index (Phi) is 4.35. The summed E-state index contributed by atoms with van der Waals surface area (Å²) in [7, 11) is 0. The van der Waals surface area contributed by atoms with Gasteiger partial charge in [0.1, 0.15) is 5.75 Å². The van der Waals surface area contributed by atoms with Crippen LogP contribution in [0.2, 0.25) is 0 Å². The van der Waals surface area contributed by atoms with Gasteiger partial charge in [-0.2, -0.15) is 0 Å². The summed E-state index contributed by atoms with van der Waals surface area (Å²) in [6.45, 7) is 3.65. The molecule has 0 saturated carbocycles. The summed E-state index contributed by atoms with van der Waals surface area (Å²) < 4.78 is 0.624. The molecular formula is C12H15BrO3. The molecule has 0 aromatic heterocycles. The molecule has 3 nitrogen and oxygen atoms in total. The van der Waals surface area contributed by atoms with Crippen LogP contribution in [0.1, 0.15) is 25.0 Å². The zero-order valence-corrected chi connectivity index (χ0v) is 10.9. The molecule has 0 heterocycles. The van der Waals surface area contributed by atoms with E-state index in [0.29, 0.717) is 16.5 Å². The van der Waals surface area contributed by atoms with Crippen molar-refractivity contribution in [2.45, 2.75) is 26.7 Å². The van der Waals surface area contributed by atoms with Crippen molar-refractivity contribution in [1.29, 1.82) is 0 Å². The van der Waals surface area contributed by atoms with E-state index in [-0.39, 0.29) is 5.75 Å². The van der Waals surface area contributed by atoms with E-state index in [1.807, 2.05) is 19.1 Å². The van der Waals surface area contributed by atoms with Gasteiger partial charge in [-0.25, -0.2) is 0 Å². The number of phenolic OH excluding ortho intramolecular Hbond substituents is 1. The van der Waals surface area contributed by atoms with E-state index in [9.17, 15) is 9.90 Å². The van der Waals surface area contributed by atoms with E-state index in [4.69, 9.17) is 5.11 Å². The Labute approximate surface area is 103 Å². The highest BCUT2D eigenvalue weighted by Crippen LogP contribution is 2.31. The van der Waals surface area contributed by atoms with Crippen LogP contribution in [0.25, 0.3) is 0 Å². The van der Waals surface area contributed by atoms with E-state index in [1.165, 1.54) is 0 Å². The van der Waals surface area contributed by atoms with E-state index in [2.05, 4.69) is 15.9 Å². The molecular weight excluding hydrogens is 272 g/mol. The van der Waals surface area contributed by atoms with Gasteiger partial charge in [-0.3, -0.25) is 4.79 Å². The van der Waals surface area contributed by atoms with Gasteiger partial charge in [-0.05, 0) is 46.0 Å². The number of aliphatic carboxylic acids is 1. The van der Waals surface area contributed by atoms with Crippen molar-refractivity contribution in [3.05, 3.63) is 27.7 Å². The predicted molar refractivity (Wildman–Crippen MR) is 65.7 cm³/mol. The molecule has 0 aliphatic rings. The number of carboxylic acids is 1. The van der Waals surface area contributed by atoms with Crippen LogP contribution in [0.15, 0.2) is 16.6 Å². The minimum absolute atomic E-state index is 0.144. The Bertz CT molecular complexity index is 401. The van der Waals surface area contributed by atoms with Crippen LogP contribution in [0.3, 0.4) is 0 Å². The Hall–Kier alpha value is -1.03. The van der Waals surface area contributed by atoms with Crippen LogP contribution in [-0.2, 0) is 17.6 Å². The molecule has 16 heavy (non-hydrogen) atoms. The fourth-order valence-corrected chi connectivity index (χ4v) is 2.04. The first-order valence-corrected chi connectivity index (χ1v) is 5.98. The molecule has 4 heteroatoms. The van der Waals surface area contributed by atoms with Gasteiger partial charge in [0.05, 0.1) is 10.4 Å². The van der Waals surface area contributed by atoms with Crippen LogP contribution < -0.4 is 0 Å². The van der Waals surface area contributed by atoms with Crippen molar-refractivity contribution in [2.24, 2.45) is 5.92 Å². The highest BCUT2D eigenvalue weighted by molar-refractivity contribution is 9.10. The smallest absolute Gasteiger partial charge is 0.306 e. The average molecular weight is 287 g/mol. The molecule has 88 valence electrons. The van der Waals surface area contributed by atoms with Crippen molar-refractivity contribution < 1.29 is 15.0 Å². The minimum Gasteiger partial charge on any atom is -0.506 e. The number of carbonyl (C=O) groups is 1. The monoisotopic (exact) mass is 286 g/mol. The lowest BCUT2D eigenvalue weighted by Gasteiger charge is -2.11. The highest BCUT2D eigenvalue weighted by Gasteiger charge is 2.15. The van der Waals surface area contributed by atoms with Crippen molar-refractivity contribution in [3.8, 4) is 5.75 Å². The van der Waals surface area contributed by atoms with Crippen LogP contribution in [0, 0.1) is 5.92 Å². The molecule has 0 saturated heterocycles. The summed E-state index contributed by atoms with van der Waals surface area (Å²) in [5.41, 5.74) is 1.76. The molecule has 1 rings (SSSR count). The fraction of sp³-hybridized carbons (Fsp3) is 0.417. The van der Waals surface area contributed by atoms with Gasteiger partial charge >= 0.3 is 5.97 Å². The number of halogens is 1. The van der Waals surface area contributed by atoms with Crippen molar-refractivity contribution in [3.63, 3.8) is 0 Å². The largest absolute Gasteiger partial charge is 0.506 e. The number of phenols is 1. The summed E-state index contributed by atoms with van der Waals surface area (Å²) in [4.78, 5) is 10.8. The quantitative estimate of drug-likeness (QED) is 0.895. The van der Waals surface area contributed by atoms with Crippen molar-refractivity contribution >= 4 is 21.9 Å². The fourth-order valence-electron chi connectivity index (χ4n) is 1.50. The van der Waals surface area contributed by atoms with E-state index >= 15 is 0 Å². The SMILES string of the molecule is CCc1cc(Br)c(O)c(CC(C)C(=O)O)c1. The third-order valence-electron chi connectivity index (χ3n) is 2.56. The molecule has 0 spiro atoms. The van der Waals surface area contributed by atoms with E-state index in [0.717, 1.165) is 12.0 Å². The molecule has 1 aromatic carbocycles. The van der Waals surface area contributed by atoms with Gasteiger partial charge in [0.25, 0.3) is 0 Å². The number of rotatable bonds is 4. The van der Waals surface area contributed by atoms with E-state index < -0.39 is 11.9 Å². The number of aromatic hydroxyl groups is 1. The number of benzene rings is 1. The summed E-state index contributed by atoms with van der Waals surface area (Å²) in [5.74, 6) is -1.20. The van der Waals surface area contributed by atoms with E-state index in [1.54, 1.807) is 6.92 Å². The topological polar surface area (TPSA) is 57.5 Å². The maximum Gasteiger partial charge on any atom is 0.306 e. The molecule has 1 aromatic rings. The lowest BCUT2D eigenvalue weighted by Crippen LogP contribution is -2.12. The van der Waals surface area contributed by atoms with Crippen LogP contribution in [0.4, 0.5) is 0 Å². The maximum atomic E-state index is 10.8. The molecule has 2 N–H and O–H groups in total. The average Bonchev–Trinajstić information content (AvgIpc) is 2.24. The Morgan fingerprint density at radius 3 is 2.62 bits per heavy atom. The first-order chi connectivity index (χ1) is 7.45. The molecule has 0 aliphatic carbocycles. The highest BCUT2D eigenvalue weighted by atomic mass is 79.9. The summed E-state index contributed by atoms with van der Waals surface area (Å²) in [6, 6.07) is 3.71. The van der Waals surface area contributed by atoms with Crippen molar-refractivity contribution in [2.75, 3.05) is 0 Å². The first-order valence-electron chi connectivity index (χ1n) is 5.18. The molecule has 1 atom stereocenters. The second-order valence-electron chi connectivity index (χ2n) is 3.88. The second-order valence-corrected chi connectivity index (χ2v) is 4.74. The van der Waals surface area contributed by atoms with Gasteiger partial charge < -0.3 is 10.2 Å². The second kappa shape index (κ2) is 5.34. The predicted octanol–water partition coefficient (Wildman–Crippen LogP) is 2.98. The summed E-state index contributed by atoms with van der Waals surface area (Å²) in [5, 5.41) is 18.6. The molecule has 1 unspecified atom stereocenters. The number of hydrogen-bond donors (Lipinski definition) is 2. The number of hydrogen-bond acceptors (Lipinski definition) is 2. The lowest BCUT2D eigenvalue weighted by atomic mass is 9.98. The Balaban J connectivity index is 3.03. The zero-order chi connectivity index (χ0) is 12.3. The number of carboxylic acid groups (broad SMARTS) is 1. The lowest BCUT2D eigenvalue weighted by molar-refractivity contribution is -0.141. The van der Waals surface area contributed by atoms with Crippen LogP contribution >= 0.6 is 15.9 Å². The van der Waals surface area contributed by atoms with Crippen LogP contribution in [-0.4, -0.2) is 16.2 Å². The maximum absolute atomic E-state index is 10.8. The van der Waals surface area contributed by atoms with Gasteiger partial charge in [0.2, 0.25) is 0 Å². The summed E-state index contributed by atoms with van der Waals surface area (Å²) >= 11 is 3.27. The number of aryl methyl sites for hydroxylation is 1. The van der Waals surface area contributed by atoms with Gasteiger partial charge in [-0.15, -0.1) is 0 Å². The third-order valence-corrected chi connectivity index (χ3v) is 3.16. The third kappa shape index (κ3) is 2.98. The molecule has 0 fully saturated rings. The molecule has 0 bridgehead atoms. The first kappa shape index (κ1) is 13.0. The summed E-state index contributed by atoms with van der Waals surface area (Å²) in [6.07, 6.45) is 1.20. The minimum atomic E-state index is -0.850. The van der Waals surface area contributed by atoms with Crippen molar-refractivity contribution in [1.82, 2.24) is 0 Å². The molecule has 0 amide bonds. The van der Waals surface area contributed by atoms with Crippen LogP contribution in [0.5, 0.6) is 5.75 Å².